The molecule has 1 fully saturated rings. The molecule has 1 aliphatic rings. The molecule has 2 atom stereocenters. The first kappa shape index (κ1) is 13.0. The van der Waals surface area contributed by atoms with E-state index in [0.29, 0.717) is 0 Å². The Morgan fingerprint density at radius 2 is 2.17 bits per heavy atom. The molecule has 0 radical (unpaired) electrons. The SMILES string of the molecule is CN(C(=O)c1ccc(F)cn1)C1CCCCC1N. The highest BCUT2D eigenvalue weighted by atomic mass is 19.1. The van der Waals surface area contributed by atoms with E-state index in [2.05, 4.69) is 4.98 Å². The number of aromatic nitrogens is 1. The second kappa shape index (κ2) is 5.44. The molecule has 1 aromatic rings. The first-order valence-electron chi connectivity index (χ1n) is 6.24. The molecule has 1 aromatic heterocycles. The number of nitrogens with two attached hydrogens (primary N) is 1. The van der Waals surface area contributed by atoms with Crippen LogP contribution in [0.25, 0.3) is 0 Å². The van der Waals surface area contributed by atoms with Crippen LogP contribution in [0.4, 0.5) is 4.39 Å². The topological polar surface area (TPSA) is 59.2 Å². The molecular weight excluding hydrogens is 233 g/mol. The molecule has 1 amide bonds. The molecule has 2 rings (SSSR count). The Morgan fingerprint density at radius 1 is 1.44 bits per heavy atom. The minimum atomic E-state index is -0.441. The Kier molecular flexibility index (Phi) is 3.91. The average Bonchev–Trinajstić information content (AvgIpc) is 2.38. The minimum absolute atomic E-state index is 0.0214. The summed E-state index contributed by atoms with van der Waals surface area (Å²) in [5, 5.41) is 0. The van der Waals surface area contributed by atoms with Crippen LogP contribution >= 0.6 is 0 Å². The fourth-order valence-electron chi connectivity index (χ4n) is 2.45. The van der Waals surface area contributed by atoms with Crippen molar-refractivity contribution in [2.45, 2.75) is 37.8 Å². The number of hydrogen-bond donors (Lipinski definition) is 1. The van der Waals surface area contributed by atoms with Crippen molar-refractivity contribution >= 4 is 5.91 Å². The second-order valence-electron chi connectivity index (χ2n) is 4.79. The quantitative estimate of drug-likeness (QED) is 0.867. The molecule has 1 heterocycles. The summed E-state index contributed by atoms with van der Waals surface area (Å²) in [7, 11) is 1.74. The lowest BCUT2D eigenvalue weighted by molar-refractivity contribution is 0.0666. The molecule has 0 bridgehead atoms. The molecule has 4 nitrogen and oxygen atoms in total. The zero-order valence-corrected chi connectivity index (χ0v) is 10.5. The Labute approximate surface area is 106 Å². The van der Waals surface area contributed by atoms with Crippen LogP contribution < -0.4 is 5.73 Å². The van der Waals surface area contributed by atoms with Crippen LogP contribution in [0.2, 0.25) is 0 Å². The van der Waals surface area contributed by atoms with Crippen LogP contribution in [-0.2, 0) is 0 Å². The number of rotatable bonds is 2. The summed E-state index contributed by atoms with van der Waals surface area (Å²) in [6.45, 7) is 0. The number of likely N-dealkylation sites (N-methyl/N-ethyl adjacent to an activating group) is 1. The third-order valence-corrected chi connectivity index (χ3v) is 3.55. The first-order chi connectivity index (χ1) is 8.59. The van der Waals surface area contributed by atoms with Gasteiger partial charge in [0.25, 0.3) is 5.91 Å². The summed E-state index contributed by atoms with van der Waals surface area (Å²) >= 11 is 0. The van der Waals surface area contributed by atoms with E-state index in [0.717, 1.165) is 31.9 Å². The number of halogens is 1. The van der Waals surface area contributed by atoms with Gasteiger partial charge in [-0.3, -0.25) is 4.79 Å². The first-order valence-corrected chi connectivity index (χ1v) is 6.24. The third kappa shape index (κ3) is 2.67. The molecule has 0 aliphatic heterocycles. The number of nitrogens with zero attached hydrogens (tertiary/aromatic N) is 2. The minimum Gasteiger partial charge on any atom is -0.336 e. The van der Waals surface area contributed by atoms with Gasteiger partial charge in [-0.15, -0.1) is 0 Å². The van der Waals surface area contributed by atoms with E-state index in [1.807, 2.05) is 0 Å². The lowest BCUT2D eigenvalue weighted by Gasteiger charge is -2.35. The van der Waals surface area contributed by atoms with Crippen molar-refractivity contribution < 1.29 is 9.18 Å². The molecule has 5 heteroatoms. The number of carbonyl (C=O) groups excluding carboxylic acids is 1. The summed E-state index contributed by atoms with van der Waals surface area (Å²) in [5.74, 6) is -0.638. The summed E-state index contributed by atoms with van der Waals surface area (Å²) in [6.07, 6.45) is 5.13. The fourth-order valence-corrected chi connectivity index (χ4v) is 2.45. The summed E-state index contributed by atoms with van der Waals surface area (Å²) in [5.41, 5.74) is 6.31. The van der Waals surface area contributed by atoms with Gasteiger partial charge < -0.3 is 10.6 Å². The van der Waals surface area contributed by atoms with E-state index in [-0.39, 0.29) is 23.7 Å². The molecule has 0 spiro atoms. The van der Waals surface area contributed by atoms with Gasteiger partial charge in [0.15, 0.2) is 0 Å². The van der Waals surface area contributed by atoms with E-state index in [1.165, 1.54) is 12.1 Å². The van der Waals surface area contributed by atoms with Crippen molar-refractivity contribution in [2.24, 2.45) is 5.73 Å². The number of amides is 1. The third-order valence-electron chi connectivity index (χ3n) is 3.55. The predicted octanol–water partition coefficient (Wildman–Crippen LogP) is 1.56. The van der Waals surface area contributed by atoms with E-state index in [4.69, 9.17) is 5.73 Å². The van der Waals surface area contributed by atoms with Gasteiger partial charge in [0, 0.05) is 19.1 Å². The standard InChI is InChI=1S/C13H18FN3O/c1-17(12-5-3-2-4-10(12)15)13(18)11-7-6-9(14)8-16-11/h6-8,10,12H,2-5,15H2,1H3. The largest absolute Gasteiger partial charge is 0.336 e. The second-order valence-corrected chi connectivity index (χ2v) is 4.79. The van der Waals surface area contributed by atoms with Crippen LogP contribution in [0.3, 0.4) is 0 Å². The maximum atomic E-state index is 12.8. The van der Waals surface area contributed by atoms with E-state index >= 15 is 0 Å². The Hall–Kier alpha value is -1.49. The maximum absolute atomic E-state index is 12.8. The summed E-state index contributed by atoms with van der Waals surface area (Å²) in [6, 6.07) is 2.73. The van der Waals surface area contributed by atoms with Gasteiger partial charge in [-0.1, -0.05) is 12.8 Å². The number of pyridine rings is 1. The molecule has 18 heavy (non-hydrogen) atoms. The van der Waals surface area contributed by atoms with Crippen molar-refractivity contribution in [1.82, 2.24) is 9.88 Å². The molecule has 2 unspecified atom stereocenters. The molecular formula is C13H18FN3O. The van der Waals surface area contributed by atoms with Gasteiger partial charge in [0.05, 0.1) is 6.20 Å². The fraction of sp³-hybridized carbons (Fsp3) is 0.538. The molecule has 0 saturated heterocycles. The normalized spacial score (nSPS) is 23.7. The van der Waals surface area contributed by atoms with Crippen molar-refractivity contribution in [3.05, 3.63) is 29.8 Å². The van der Waals surface area contributed by atoms with Crippen LogP contribution in [0.5, 0.6) is 0 Å². The van der Waals surface area contributed by atoms with Crippen molar-refractivity contribution in [1.29, 1.82) is 0 Å². The molecule has 1 saturated carbocycles. The lowest BCUT2D eigenvalue weighted by Crippen LogP contribution is -2.50. The van der Waals surface area contributed by atoms with E-state index in [9.17, 15) is 9.18 Å². The lowest BCUT2D eigenvalue weighted by atomic mass is 9.90. The zero-order valence-electron chi connectivity index (χ0n) is 10.5. The van der Waals surface area contributed by atoms with E-state index in [1.54, 1.807) is 11.9 Å². The number of carbonyl (C=O) groups is 1. The Balaban J connectivity index is 2.10. The van der Waals surface area contributed by atoms with Crippen LogP contribution in [-0.4, -0.2) is 34.9 Å². The molecule has 2 N–H and O–H groups in total. The smallest absolute Gasteiger partial charge is 0.272 e. The highest BCUT2D eigenvalue weighted by Gasteiger charge is 2.29. The molecule has 0 aromatic carbocycles. The van der Waals surface area contributed by atoms with Crippen LogP contribution in [0.15, 0.2) is 18.3 Å². The van der Waals surface area contributed by atoms with E-state index < -0.39 is 5.82 Å². The van der Waals surface area contributed by atoms with Crippen molar-refractivity contribution in [3.8, 4) is 0 Å². The van der Waals surface area contributed by atoms with Gasteiger partial charge in [-0.25, -0.2) is 9.37 Å². The van der Waals surface area contributed by atoms with Crippen LogP contribution in [0, 0.1) is 5.82 Å². The van der Waals surface area contributed by atoms with Crippen molar-refractivity contribution in [3.63, 3.8) is 0 Å². The van der Waals surface area contributed by atoms with Crippen molar-refractivity contribution in [2.75, 3.05) is 7.05 Å². The monoisotopic (exact) mass is 251 g/mol. The van der Waals surface area contributed by atoms with Gasteiger partial charge >= 0.3 is 0 Å². The van der Waals surface area contributed by atoms with Gasteiger partial charge in [-0.2, -0.15) is 0 Å². The average molecular weight is 251 g/mol. The molecule has 98 valence electrons. The zero-order chi connectivity index (χ0) is 13.1. The number of hydrogen-bond acceptors (Lipinski definition) is 3. The molecule has 1 aliphatic carbocycles. The highest BCUT2D eigenvalue weighted by Crippen LogP contribution is 2.22. The summed E-state index contributed by atoms with van der Waals surface area (Å²) in [4.78, 5) is 17.6. The predicted molar refractivity (Wildman–Crippen MR) is 66.5 cm³/mol. The maximum Gasteiger partial charge on any atom is 0.272 e. The Morgan fingerprint density at radius 3 is 2.78 bits per heavy atom. The van der Waals surface area contributed by atoms with Crippen LogP contribution in [0.1, 0.15) is 36.2 Å². The summed E-state index contributed by atoms with van der Waals surface area (Å²) < 4.78 is 12.8. The van der Waals surface area contributed by atoms with Gasteiger partial charge in [-0.05, 0) is 25.0 Å². The van der Waals surface area contributed by atoms with Gasteiger partial charge in [0.2, 0.25) is 0 Å². The van der Waals surface area contributed by atoms with Gasteiger partial charge in [0.1, 0.15) is 11.5 Å². The Bertz CT molecular complexity index is 421. The highest BCUT2D eigenvalue weighted by molar-refractivity contribution is 5.92.